The van der Waals surface area contributed by atoms with Crippen LogP contribution in [0.1, 0.15) is 387 Å². The molecule has 0 bridgehead atoms. The summed E-state index contributed by atoms with van der Waals surface area (Å²) in [4.78, 5) is 38.2. The predicted octanol–water partition coefficient (Wildman–Crippen LogP) is 24.5. The first-order valence-electron chi connectivity index (χ1n) is 35.6. The van der Waals surface area contributed by atoms with E-state index in [9.17, 15) is 14.4 Å². The van der Waals surface area contributed by atoms with Crippen LogP contribution in [0.5, 0.6) is 0 Å². The molecule has 0 rings (SSSR count). The largest absolute Gasteiger partial charge is 0.462 e. The zero-order valence-electron chi connectivity index (χ0n) is 53.9. The molecular weight excluding hydrogens is 985 g/mol. The molecule has 0 heterocycles. The molecule has 0 amide bonds. The summed E-state index contributed by atoms with van der Waals surface area (Å²) in [5.74, 6) is -0.845. The lowest BCUT2D eigenvalue weighted by Gasteiger charge is -2.18. The van der Waals surface area contributed by atoms with Gasteiger partial charge in [0.2, 0.25) is 0 Å². The van der Waals surface area contributed by atoms with E-state index in [-0.39, 0.29) is 31.1 Å². The fourth-order valence-electron chi connectivity index (χ4n) is 10.8. The molecule has 0 aliphatic carbocycles. The molecule has 0 saturated heterocycles. The van der Waals surface area contributed by atoms with E-state index in [1.165, 1.54) is 263 Å². The first-order valence-corrected chi connectivity index (χ1v) is 35.6. The quantitative estimate of drug-likeness (QED) is 0.0261. The number of ether oxygens (including phenoxy) is 3. The summed E-state index contributed by atoms with van der Waals surface area (Å²) in [6.45, 7) is 6.56. The Morgan fingerprint density at radius 2 is 0.487 bits per heavy atom. The number of hydrogen-bond donors (Lipinski definition) is 0. The molecule has 0 N–H and O–H groups in total. The van der Waals surface area contributed by atoms with Gasteiger partial charge in [-0.1, -0.05) is 358 Å². The Labute approximate surface area is 498 Å². The predicted molar refractivity (Wildman–Crippen MR) is 349 cm³/mol. The average molecular weight is 1120 g/mol. The van der Waals surface area contributed by atoms with Crippen LogP contribution in [0.3, 0.4) is 0 Å². The third-order valence-electron chi connectivity index (χ3n) is 16.1. The monoisotopic (exact) mass is 1120 g/mol. The van der Waals surface area contributed by atoms with Crippen LogP contribution in [0, 0.1) is 0 Å². The number of unbranched alkanes of at least 4 members (excludes halogenated alkanes) is 47. The van der Waals surface area contributed by atoms with Gasteiger partial charge in [-0.3, -0.25) is 14.4 Å². The van der Waals surface area contributed by atoms with Crippen LogP contribution >= 0.6 is 0 Å². The maximum absolute atomic E-state index is 12.9. The topological polar surface area (TPSA) is 78.9 Å². The van der Waals surface area contributed by atoms with Gasteiger partial charge >= 0.3 is 17.9 Å². The normalized spacial score (nSPS) is 12.3. The van der Waals surface area contributed by atoms with Crippen molar-refractivity contribution in [2.45, 2.75) is 393 Å². The van der Waals surface area contributed by atoms with Crippen molar-refractivity contribution in [1.29, 1.82) is 0 Å². The zero-order chi connectivity index (χ0) is 57.8. The minimum Gasteiger partial charge on any atom is -0.462 e. The van der Waals surface area contributed by atoms with Crippen molar-refractivity contribution >= 4 is 17.9 Å². The second kappa shape index (κ2) is 68.9. The molecule has 0 aliphatic rings. The van der Waals surface area contributed by atoms with Crippen molar-refractivity contribution in [3.05, 3.63) is 48.6 Å². The first kappa shape index (κ1) is 77.4. The fraction of sp³-hybridized carbons (Fsp3) is 0.851. The Bertz CT molecular complexity index is 1380. The van der Waals surface area contributed by atoms with Crippen LogP contribution in [0.2, 0.25) is 0 Å². The molecule has 0 aliphatic heterocycles. The van der Waals surface area contributed by atoms with Crippen molar-refractivity contribution in [2.75, 3.05) is 13.2 Å². The van der Waals surface area contributed by atoms with Crippen LogP contribution in [-0.4, -0.2) is 37.2 Å². The molecule has 6 heteroatoms. The van der Waals surface area contributed by atoms with Gasteiger partial charge in [0.1, 0.15) is 13.2 Å². The Hall–Kier alpha value is -2.63. The van der Waals surface area contributed by atoms with Gasteiger partial charge in [0, 0.05) is 19.3 Å². The summed E-state index contributed by atoms with van der Waals surface area (Å²) < 4.78 is 16.9. The van der Waals surface area contributed by atoms with E-state index in [4.69, 9.17) is 14.2 Å². The third-order valence-corrected chi connectivity index (χ3v) is 16.1. The minimum absolute atomic E-state index is 0.0661. The molecule has 468 valence electrons. The number of allylic oxidation sites excluding steroid dienone is 8. The van der Waals surface area contributed by atoms with Crippen LogP contribution in [0.25, 0.3) is 0 Å². The van der Waals surface area contributed by atoms with E-state index in [1.807, 2.05) is 0 Å². The van der Waals surface area contributed by atoms with Gasteiger partial charge in [-0.25, -0.2) is 0 Å². The zero-order valence-corrected chi connectivity index (χ0v) is 53.9. The van der Waals surface area contributed by atoms with Crippen molar-refractivity contribution in [3.8, 4) is 0 Å². The maximum Gasteiger partial charge on any atom is 0.306 e. The highest BCUT2D eigenvalue weighted by molar-refractivity contribution is 5.71. The minimum atomic E-state index is -0.767. The molecule has 0 saturated carbocycles. The molecule has 0 spiro atoms. The smallest absolute Gasteiger partial charge is 0.306 e. The summed E-state index contributed by atoms with van der Waals surface area (Å²) >= 11 is 0. The summed E-state index contributed by atoms with van der Waals surface area (Å²) in [6, 6.07) is 0. The van der Waals surface area contributed by atoms with E-state index in [2.05, 4.69) is 69.4 Å². The highest BCUT2D eigenvalue weighted by atomic mass is 16.6. The highest BCUT2D eigenvalue weighted by Crippen LogP contribution is 2.19. The van der Waals surface area contributed by atoms with E-state index < -0.39 is 6.10 Å². The van der Waals surface area contributed by atoms with E-state index >= 15 is 0 Å². The van der Waals surface area contributed by atoms with Crippen LogP contribution in [0.4, 0.5) is 0 Å². The summed E-state index contributed by atoms with van der Waals surface area (Å²) in [6.07, 6.45) is 87.5. The molecule has 0 aromatic heterocycles. The van der Waals surface area contributed by atoms with Crippen molar-refractivity contribution in [2.24, 2.45) is 0 Å². The summed E-state index contributed by atoms with van der Waals surface area (Å²) in [5, 5.41) is 0. The number of carbonyl (C=O) groups is 3. The SMILES string of the molecule is CC/C=C\C/C=C\C/C=C\C/C=C\CCCCCCCCCCCCCCCCCCCCC(=O)OCC(COC(=O)CCCCCCCCC)OC(=O)CCCCCCCCCCCCCCCCCCCCCCCCCC. The second-order valence-corrected chi connectivity index (χ2v) is 24.1. The van der Waals surface area contributed by atoms with Gasteiger partial charge in [0.25, 0.3) is 0 Å². The van der Waals surface area contributed by atoms with E-state index in [0.717, 1.165) is 83.5 Å². The molecule has 6 nitrogen and oxygen atoms in total. The molecule has 0 aromatic rings. The first-order chi connectivity index (χ1) is 39.5. The summed E-state index contributed by atoms with van der Waals surface area (Å²) in [7, 11) is 0. The van der Waals surface area contributed by atoms with Gasteiger partial charge in [-0.15, -0.1) is 0 Å². The van der Waals surface area contributed by atoms with Crippen LogP contribution in [0.15, 0.2) is 48.6 Å². The Kier molecular flexibility index (Phi) is 66.6. The average Bonchev–Trinajstić information content (AvgIpc) is 3.46. The third kappa shape index (κ3) is 66.2. The molecular formula is C74H136O6. The van der Waals surface area contributed by atoms with Gasteiger partial charge in [0.05, 0.1) is 0 Å². The van der Waals surface area contributed by atoms with Gasteiger partial charge in [-0.05, 0) is 57.8 Å². The lowest BCUT2D eigenvalue weighted by Crippen LogP contribution is -2.30. The van der Waals surface area contributed by atoms with Gasteiger partial charge in [0.15, 0.2) is 6.10 Å². The molecule has 0 aromatic carbocycles. The lowest BCUT2D eigenvalue weighted by molar-refractivity contribution is -0.167. The van der Waals surface area contributed by atoms with Crippen LogP contribution < -0.4 is 0 Å². The number of hydrogen-bond acceptors (Lipinski definition) is 6. The standard InChI is InChI=1S/C74H136O6/c1-4-7-10-13-16-18-20-22-24-26-28-30-32-34-35-36-37-38-39-40-42-43-45-47-49-51-53-55-58-61-64-67-73(76)79-70-71(69-78-72(75)66-63-60-57-15-12-9-6-3)80-74(77)68-65-62-59-56-54-52-50-48-46-44-41-33-31-29-27-25-23-21-19-17-14-11-8-5-2/h7,10,16,18,22,24,28,30,71H,4-6,8-9,11-15,17,19-21,23,25-27,29,31-70H2,1-3H3/b10-7-,18-16-,24-22-,30-28-. The molecule has 0 fully saturated rings. The molecule has 1 atom stereocenters. The van der Waals surface area contributed by atoms with E-state index in [0.29, 0.717) is 19.3 Å². The Morgan fingerprint density at radius 3 is 0.762 bits per heavy atom. The van der Waals surface area contributed by atoms with E-state index in [1.54, 1.807) is 0 Å². The number of rotatable bonds is 66. The van der Waals surface area contributed by atoms with Crippen molar-refractivity contribution in [1.82, 2.24) is 0 Å². The molecule has 0 radical (unpaired) electrons. The van der Waals surface area contributed by atoms with Crippen molar-refractivity contribution < 1.29 is 28.6 Å². The van der Waals surface area contributed by atoms with Crippen molar-refractivity contribution in [3.63, 3.8) is 0 Å². The van der Waals surface area contributed by atoms with Gasteiger partial charge < -0.3 is 14.2 Å². The number of esters is 3. The lowest BCUT2D eigenvalue weighted by atomic mass is 10.0. The Balaban J connectivity index is 4.00. The highest BCUT2D eigenvalue weighted by Gasteiger charge is 2.19. The maximum atomic E-state index is 12.9. The Morgan fingerprint density at radius 1 is 0.263 bits per heavy atom. The fourth-order valence-corrected chi connectivity index (χ4v) is 10.8. The molecule has 1 unspecified atom stereocenters. The molecule has 80 heavy (non-hydrogen) atoms. The number of carbonyl (C=O) groups excluding carboxylic acids is 3. The van der Waals surface area contributed by atoms with Gasteiger partial charge in [-0.2, -0.15) is 0 Å². The summed E-state index contributed by atoms with van der Waals surface area (Å²) in [5.41, 5.74) is 0. The van der Waals surface area contributed by atoms with Crippen LogP contribution in [-0.2, 0) is 28.6 Å². The second-order valence-electron chi connectivity index (χ2n) is 24.1.